The van der Waals surface area contributed by atoms with Crippen LogP contribution in [0, 0.1) is 18.3 Å². The Hall–Kier alpha value is -2.12. The largest absolute Gasteiger partial charge is 0.494 e. The predicted octanol–water partition coefficient (Wildman–Crippen LogP) is 4.30. The van der Waals surface area contributed by atoms with Crippen molar-refractivity contribution in [2.24, 2.45) is 0 Å². The number of ether oxygens (including phenoxy) is 1. The van der Waals surface area contributed by atoms with E-state index < -0.39 is 0 Å². The summed E-state index contributed by atoms with van der Waals surface area (Å²) < 4.78 is 5.53. The molecule has 0 fully saturated rings. The van der Waals surface area contributed by atoms with Gasteiger partial charge in [-0.1, -0.05) is 19.1 Å². The van der Waals surface area contributed by atoms with Crippen molar-refractivity contribution in [2.45, 2.75) is 20.3 Å². The van der Waals surface area contributed by atoms with E-state index in [0.717, 1.165) is 35.0 Å². The molecule has 2 aromatic rings. The molecule has 0 aliphatic rings. The molecule has 0 atom stereocenters. The molecule has 0 saturated heterocycles. The first-order valence-electron chi connectivity index (χ1n) is 6.50. The summed E-state index contributed by atoms with van der Waals surface area (Å²) in [6.07, 6.45) is 2.84. The molecule has 102 valence electrons. The molecule has 1 aromatic heterocycles. The van der Waals surface area contributed by atoms with Crippen molar-refractivity contribution < 1.29 is 4.74 Å². The summed E-state index contributed by atoms with van der Waals surface area (Å²) in [5.74, 6) is 0.854. The van der Waals surface area contributed by atoms with Crippen molar-refractivity contribution in [3.05, 3.63) is 45.9 Å². The highest BCUT2D eigenvalue weighted by molar-refractivity contribution is 7.11. The average Bonchev–Trinajstić information content (AvgIpc) is 2.90. The number of aryl methyl sites for hydroxylation is 1. The van der Waals surface area contributed by atoms with Crippen LogP contribution in [0.15, 0.2) is 29.6 Å². The molecule has 1 aromatic carbocycles. The lowest BCUT2D eigenvalue weighted by Crippen LogP contribution is -1.94. The molecule has 0 spiro atoms. The van der Waals surface area contributed by atoms with Gasteiger partial charge in [-0.3, -0.25) is 0 Å². The van der Waals surface area contributed by atoms with E-state index in [-0.39, 0.29) is 0 Å². The minimum absolute atomic E-state index is 0.588. The van der Waals surface area contributed by atoms with Crippen molar-refractivity contribution in [2.75, 3.05) is 6.61 Å². The molecule has 0 unspecified atom stereocenters. The number of benzene rings is 1. The zero-order valence-corrected chi connectivity index (χ0v) is 12.4. The van der Waals surface area contributed by atoms with Gasteiger partial charge >= 0.3 is 0 Å². The number of aromatic nitrogens is 1. The molecule has 20 heavy (non-hydrogen) atoms. The Morgan fingerprint density at radius 3 is 2.70 bits per heavy atom. The second-order valence-electron chi connectivity index (χ2n) is 4.38. The summed E-state index contributed by atoms with van der Waals surface area (Å²) in [7, 11) is 0. The van der Waals surface area contributed by atoms with E-state index in [0.29, 0.717) is 5.57 Å². The standard InChI is InChI=1S/C16H16N2OS/c1-3-8-19-15-6-4-13(5-7-15)9-14(10-17)16-18-12(2)11-20-16/h4-7,9,11H,3,8H2,1-2H3/b14-9-. The molecule has 0 amide bonds. The number of nitriles is 1. The quantitative estimate of drug-likeness (QED) is 0.769. The van der Waals surface area contributed by atoms with Crippen LogP contribution in [0.1, 0.15) is 29.6 Å². The first-order valence-corrected chi connectivity index (χ1v) is 7.38. The second kappa shape index (κ2) is 6.88. The van der Waals surface area contributed by atoms with E-state index >= 15 is 0 Å². The van der Waals surface area contributed by atoms with Gasteiger partial charge in [0.15, 0.2) is 0 Å². The zero-order chi connectivity index (χ0) is 14.4. The topological polar surface area (TPSA) is 45.9 Å². The molecule has 4 heteroatoms. The number of rotatable bonds is 5. The van der Waals surface area contributed by atoms with Crippen LogP contribution in [0.4, 0.5) is 0 Å². The molecule has 0 aliphatic carbocycles. The summed E-state index contributed by atoms with van der Waals surface area (Å²) in [4.78, 5) is 4.34. The molecular formula is C16H16N2OS. The molecule has 0 aliphatic heterocycles. The van der Waals surface area contributed by atoms with E-state index in [1.54, 1.807) is 0 Å². The normalized spacial score (nSPS) is 11.2. The third kappa shape index (κ3) is 3.69. The van der Waals surface area contributed by atoms with Crippen LogP contribution < -0.4 is 4.74 Å². The van der Waals surface area contributed by atoms with Crippen LogP contribution in [-0.4, -0.2) is 11.6 Å². The number of allylic oxidation sites excluding steroid dienone is 1. The van der Waals surface area contributed by atoms with E-state index in [1.165, 1.54) is 11.3 Å². The SMILES string of the molecule is CCCOc1ccc(/C=C(/C#N)c2nc(C)cs2)cc1. The fourth-order valence-electron chi connectivity index (χ4n) is 1.67. The highest BCUT2D eigenvalue weighted by atomic mass is 32.1. The minimum atomic E-state index is 0.588. The third-order valence-electron chi connectivity index (χ3n) is 2.63. The average molecular weight is 284 g/mol. The van der Waals surface area contributed by atoms with Crippen molar-refractivity contribution in [3.63, 3.8) is 0 Å². The van der Waals surface area contributed by atoms with Gasteiger partial charge < -0.3 is 4.74 Å². The molecule has 0 saturated carbocycles. The fraction of sp³-hybridized carbons (Fsp3) is 0.250. The Kier molecular flexibility index (Phi) is 4.91. The summed E-state index contributed by atoms with van der Waals surface area (Å²) >= 11 is 1.49. The monoisotopic (exact) mass is 284 g/mol. The van der Waals surface area contributed by atoms with Gasteiger partial charge in [-0.05, 0) is 37.1 Å². The van der Waals surface area contributed by atoms with E-state index in [1.807, 2.05) is 42.6 Å². The van der Waals surface area contributed by atoms with Crippen LogP contribution >= 0.6 is 11.3 Å². The molecule has 0 N–H and O–H groups in total. The molecule has 1 heterocycles. The number of hydrogen-bond acceptors (Lipinski definition) is 4. The number of thiazole rings is 1. The van der Waals surface area contributed by atoms with E-state index in [2.05, 4.69) is 18.0 Å². The van der Waals surface area contributed by atoms with Crippen molar-refractivity contribution in [1.82, 2.24) is 4.98 Å². The van der Waals surface area contributed by atoms with Crippen LogP contribution in [0.5, 0.6) is 5.75 Å². The maximum atomic E-state index is 9.24. The highest BCUT2D eigenvalue weighted by Crippen LogP contribution is 2.22. The van der Waals surface area contributed by atoms with Gasteiger partial charge in [0, 0.05) is 11.1 Å². The summed E-state index contributed by atoms with van der Waals surface area (Å²) in [5.41, 5.74) is 2.50. The Morgan fingerprint density at radius 1 is 1.40 bits per heavy atom. The fourth-order valence-corrected chi connectivity index (χ4v) is 2.43. The Labute approximate surface area is 123 Å². The number of hydrogen-bond donors (Lipinski definition) is 0. The first-order chi connectivity index (χ1) is 9.72. The van der Waals surface area contributed by atoms with Gasteiger partial charge in [-0.25, -0.2) is 4.98 Å². The van der Waals surface area contributed by atoms with E-state index in [9.17, 15) is 5.26 Å². The van der Waals surface area contributed by atoms with Gasteiger partial charge in [0.2, 0.25) is 0 Å². The third-order valence-corrected chi connectivity index (χ3v) is 3.63. The summed E-state index contributed by atoms with van der Waals surface area (Å²) in [6, 6.07) is 9.94. The number of nitrogens with zero attached hydrogens (tertiary/aromatic N) is 2. The molecule has 0 bridgehead atoms. The van der Waals surface area contributed by atoms with Crippen LogP contribution in [0.25, 0.3) is 11.6 Å². The van der Waals surface area contributed by atoms with Crippen LogP contribution in [0.2, 0.25) is 0 Å². The van der Waals surface area contributed by atoms with Gasteiger partial charge in [-0.15, -0.1) is 11.3 Å². The van der Waals surface area contributed by atoms with Gasteiger partial charge in [-0.2, -0.15) is 5.26 Å². The van der Waals surface area contributed by atoms with Crippen molar-refractivity contribution >= 4 is 23.0 Å². The first kappa shape index (κ1) is 14.3. The van der Waals surface area contributed by atoms with Crippen LogP contribution in [0.3, 0.4) is 0 Å². The molecule has 0 radical (unpaired) electrons. The van der Waals surface area contributed by atoms with Gasteiger partial charge in [0.1, 0.15) is 16.8 Å². The van der Waals surface area contributed by atoms with Gasteiger partial charge in [0.25, 0.3) is 0 Å². The predicted molar refractivity (Wildman–Crippen MR) is 82.6 cm³/mol. The second-order valence-corrected chi connectivity index (χ2v) is 5.24. The zero-order valence-electron chi connectivity index (χ0n) is 11.6. The van der Waals surface area contributed by atoms with Gasteiger partial charge in [0.05, 0.1) is 12.2 Å². The lowest BCUT2D eigenvalue weighted by Gasteiger charge is -2.04. The molecule has 3 nitrogen and oxygen atoms in total. The van der Waals surface area contributed by atoms with Crippen LogP contribution in [-0.2, 0) is 0 Å². The Bertz CT molecular complexity index is 635. The van der Waals surface area contributed by atoms with Crippen molar-refractivity contribution in [3.8, 4) is 11.8 Å². The minimum Gasteiger partial charge on any atom is -0.494 e. The molecular weight excluding hydrogens is 268 g/mol. The lowest BCUT2D eigenvalue weighted by molar-refractivity contribution is 0.317. The Balaban J connectivity index is 2.18. The summed E-state index contributed by atoms with van der Waals surface area (Å²) in [5, 5.41) is 12.0. The maximum Gasteiger partial charge on any atom is 0.134 e. The Morgan fingerprint density at radius 2 is 2.15 bits per heavy atom. The van der Waals surface area contributed by atoms with E-state index in [4.69, 9.17) is 4.74 Å². The van der Waals surface area contributed by atoms with Crippen molar-refractivity contribution in [1.29, 1.82) is 5.26 Å². The highest BCUT2D eigenvalue weighted by Gasteiger charge is 2.05. The molecule has 2 rings (SSSR count). The lowest BCUT2D eigenvalue weighted by atomic mass is 10.1. The maximum absolute atomic E-state index is 9.24. The summed E-state index contributed by atoms with van der Waals surface area (Å²) in [6.45, 7) is 4.72. The smallest absolute Gasteiger partial charge is 0.134 e.